The Bertz CT molecular complexity index is 584. The van der Waals surface area contributed by atoms with Gasteiger partial charge in [-0.3, -0.25) is 4.79 Å². The lowest BCUT2D eigenvalue weighted by atomic mass is 10.1. The van der Waals surface area contributed by atoms with Gasteiger partial charge in [0.05, 0.1) is 0 Å². The second kappa shape index (κ2) is 4.75. The summed E-state index contributed by atoms with van der Waals surface area (Å²) in [5.41, 5.74) is 0.710. The Morgan fingerprint density at radius 1 is 1.44 bits per heavy atom. The lowest BCUT2D eigenvalue weighted by Gasteiger charge is -2.06. The first-order valence-corrected chi connectivity index (χ1v) is 6.56. The molecule has 0 aliphatic carbocycles. The van der Waals surface area contributed by atoms with E-state index in [4.69, 9.17) is 16.0 Å². The molecule has 1 unspecified atom stereocenters. The first-order chi connectivity index (χ1) is 8.72. The molecule has 1 N–H and O–H groups in total. The van der Waals surface area contributed by atoms with Crippen LogP contribution in [0.3, 0.4) is 0 Å². The zero-order valence-corrected chi connectivity index (χ0v) is 10.7. The van der Waals surface area contributed by atoms with Gasteiger partial charge in [0.1, 0.15) is 5.58 Å². The maximum Gasteiger partial charge on any atom is 0.199 e. The van der Waals surface area contributed by atoms with E-state index < -0.39 is 0 Å². The number of hydrogen-bond acceptors (Lipinski definition) is 3. The molecule has 1 aromatic heterocycles. The van der Waals surface area contributed by atoms with E-state index in [1.807, 2.05) is 6.07 Å². The lowest BCUT2D eigenvalue weighted by molar-refractivity contribution is 0.0947. The molecule has 0 amide bonds. The number of rotatable bonds is 3. The van der Waals surface area contributed by atoms with Crippen molar-refractivity contribution in [2.24, 2.45) is 0 Å². The summed E-state index contributed by atoms with van der Waals surface area (Å²) in [4.78, 5) is 12.1. The van der Waals surface area contributed by atoms with E-state index in [1.165, 1.54) is 0 Å². The molecule has 0 spiro atoms. The Labute approximate surface area is 110 Å². The largest absolute Gasteiger partial charge is 0.453 e. The van der Waals surface area contributed by atoms with Gasteiger partial charge in [-0.05, 0) is 43.7 Å². The fraction of sp³-hybridized carbons (Fsp3) is 0.357. The molecule has 0 bridgehead atoms. The molecule has 3 rings (SSSR count). The Kier molecular flexibility index (Phi) is 3.10. The summed E-state index contributed by atoms with van der Waals surface area (Å²) >= 11 is 5.91. The van der Waals surface area contributed by atoms with Gasteiger partial charge in [-0.1, -0.05) is 11.6 Å². The van der Waals surface area contributed by atoms with Crippen LogP contribution < -0.4 is 5.32 Å². The van der Waals surface area contributed by atoms with E-state index in [9.17, 15) is 4.79 Å². The molecular formula is C14H14ClNO2. The number of fused-ring (bicyclic) bond motifs is 1. The highest BCUT2D eigenvalue weighted by molar-refractivity contribution is 6.31. The number of hydrogen-bond donors (Lipinski definition) is 1. The van der Waals surface area contributed by atoms with Crippen molar-refractivity contribution in [2.45, 2.75) is 25.3 Å². The Morgan fingerprint density at radius 3 is 3.11 bits per heavy atom. The van der Waals surface area contributed by atoms with E-state index in [-0.39, 0.29) is 5.78 Å². The molecule has 2 heterocycles. The normalized spacial score (nSPS) is 19.5. The molecule has 1 saturated heterocycles. The first kappa shape index (κ1) is 11.8. The van der Waals surface area contributed by atoms with E-state index in [0.29, 0.717) is 28.8 Å². The number of furan rings is 1. The Balaban J connectivity index is 1.82. The fourth-order valence-electron chi connectivity index (χ4n) is 2.41. The summed E-state index contributed by atoms with van der Waals surface area (Å²) in [6.07, 6.45) is 2.72. The van der Waals surface area contributed by atoms with Crippen LogP contribution in [0.4, 0.5) is 0 Å². The molecule has 1 atom stereocenters. The fourth-order valence-corrected chi connectivity index (χ4v) is 2.59. The van der Waals surface area contributed by atoms with Gasteiger partial charge in [-0.15, -0.1) is 0 Å². The quantitative estimate of drug-likeness (QED) is 0.863. The minimum atomic E-state index is 0.0572. The molecule has 2 aromatic rings. The molecule has 94 valence electrons. The minimum absolute atomic E-state index is 0.0572. The average molecular weight is 264 g/mol. The van der Waals surface area contributed by atoms with Crippen molar-refractivity contribution in [2.75, 3.05) is 6.54 Å². The second-order valence-electron chi connectivity index (χ2n) is 4.71. The van der Waals surface area contributed by atoms with Crippen LogP contribution in [0, 0.1) is 0 Å². The van der Waals surface area contributed by atoms with Crippen molar-refractivity contribution in [3.05, 3.63) is 35.0 Å². The summed E-state index contributed by atoms with van der Waals surface area (Å²) in [6, 6.07) is 7.45. The molecule has 18 heavy (non-hydrogen) atoms. The van der Waals surface area contributed by atoms with Crippen LogP contribution in [-0.4, -0.2) is 18.4 Å². The van der Waals surface area contributed by atoms with E-state index in [0.717, 1.165) is 24.8 Å². The lowest BCUT2D eigenvalue weighted by Crippen LogP contribution is -2.24. The van der Waals surface area contributed by atoms with Crippen LogP contribution in [0.15, 0.2) is 28.7 Å². The number of carbonyl (C=O) groups excluding carboxylic acids is 1. The van der Waals surface area contributed by atoms with Gasteiger partial charge in [-0.2, -0.15) is 0 Å². The zero-order valence-electron chi connectivity index (χ0n) is 9.91. The third-order valence-electron chi connectivity index (χ3n) is 3.35. The monoisotopic (exact) mass is 263 g/mol. The topological polar surface area (TPSA) is 42.2 Å². The molecule has 3 nitrogen and oxygen atoms in total. The highest BCUT2D eigenvalue weighted by Crippen LogP contribution is 2.24. The van der Waals surface area contributed by atoms with Crippen molar-refractivity contribution in [3.8, 4) is 0 Å². The van der Waals surface area contributed by atoms with Gasteiger partial charge in [0.2, 0.25) is 0 Å². The maximum atomic E-state index is 12.1. The standard InChI is InChI=1S/C14H14ClNO2/c15-10-3-4-13-9(6-10)7-14(18-13)12(17)8-11-2-1-5-16-11/h3-4,6-7,11,16H,1-2,5,8H2. The summed E-state index contributed by atoms with van der Waals surface area (Å²) < 4.78 is 5.56. The first-order valence-electron chi connectivity index (χ1n) is 6.18. The SMILES string of the molecule is O=C(CC1CCCN1)c1cc2cc(Cl)ccc2o1. The summed E-state index contributed by atoms with van der Waals surface area (Å²) in [5.74, 6) is 0.489. The van der Waals surface area contributed by atoms with E-state index in [2.05, 4.69) is 5.32 Å². The summed E-state index contributed by atoms with van der Waals surface area (Å²) in [7, 11) is 0. The smallest absolute Gasteiger partial charge is 0.199 e. The van der Waals surface area contributed by atoms with Crippen LogP contribution in [-0.2, 0) is 0 Å². The van der Waals surface area contributed by atoms with Gasteiger partial charge < -0.3 is 9.73 Å². The maximum absolute atomic E-state index is 12.1. The van der Waals surface area contributed by atoms with Gasteiger partial charge >= 0.3 is 0 Å². The average Bonchev–Trinajstić information content (AvgIpc) is 2.96. The van der Waals surface area contributed by atoms with Gasteiger partial charge in [0.15, 0.2) is 11.5 Å². The van der Waals surface area contributed by atoms with Crippen LogP contribution in [0.5, 0.6) is 0 Å². The molecule has 4 heteroatoms. The number of nitrogens with one attached hydrogen (secondary N) is 1. The number of carbonyl (C=O) groups is 1. The van der Waals surface area contributed by atoms with E-state index in [1.54, 1.807) is 18.2 Å². The molecule has 1 aliphatic heterocycles. The van der Waals surface area contributed by atoms with Crippen LogP contribution >= 0.6 is 11.6 Å². The molecule has 1 aliphatic rings. The zero-order chi connectivity index (χ0) is 12.5. The Morgan fingerprint density at radius 2 is 2.33 bits per heavy atom. The van der Waals surface area contributed by atoms with Crippen molar-refractivity contribution in [3.63, 3.8) is 0 Å². The molecule has 0 radical (unpaired) electrons. The number of ketones is 1. The number of Topliss-reactive ketones (excluding diaryl/α,β-unsaturated/α-hetero) is 1. The predicted octanol–water partition coefficient (Wildman–Crippen LogP) is 3.41. The summed E-state index contributed by atoms with van der Waals surface area (Å²) in [5, 5.41) is 4.85. The van der Waals surface area contributed by atoms with Crippen LogP contribution in [0.25, 0.3) is 11.0 Å². The van der Waals surface area contributed by atoms with Crippen molar-refractivity contribution in [1.29, 1.82) is 0 Å². The van der Waals surface area contributed by atoms with Crippen LogP contribution in [0.2, 0.25) is 5.02 Å². The highest BCUT2D eigenvalue weighted by Gasteiger charge is 2.20. The molecule has 0 saturated carbocycles. The third kappa shape index (κ3) is 2.28. The van der Waals surface area contributed by atoms with E-state index >= 15 is 0 Å². The number of halogens is 1. The third-order valence-corrected chi connectivity index (χ3v) is 3.58. The summed E-state index contributed by atoms with van der Waals surface area (Å²) in [6.45, 7) is 1.01. The second-order valence-corrected chi connectivity index (χ2v) is 5.15. The van der Waals surface area contributed by atoms with Crippen molar-refractivity contribution < 1.29 is 9.21 Å². The highest BCUT2D eigenvalue weighted by atomic mass is 35.5. The molecule has 1 aromatic carbocycles. The van der Waals surface area contributed by atoms with Crippen molar-refractivity contribution in [1.82, 2.24) is 5.32 Å². The minimum Gasteiger partial charge on any atom is -0.453 e. The van der Waals surface area contributed by atoms with Crippen LogP contribution in [0.1, 0.15) is 29.8 Å². The van der Waals surface area contributed by atoms with Gasteiger partial charge in [0, 0.05) is 22.9 Å². The molecular weight excluding hydrogens is 250 g/mol. The molecule has 1 fully saturated rings. The van der Waals surface area contributed by atoms with Gasteiger partial charge in [0.25, 0.3) is 0 Å². The van der Waals surface area contributed by atoms with Crippen molar-refractivity contribution >= 4 is 28.4 Å². The van der Waals surface area contributed by atoms with Gasteiger partial charge in [-0.25, -0.2) is 0 Å². The predicted molar refractivity (Wildman–Crippen MR) is 71.2 cm³/mol. The Hall–Kier alpha value is -1.32. The number of benzene rings is 1.